The summed E-state index contributed by atoms with van der Waals surface area (Å²) in [4.78, 5) is 1.88. The van der Waals surface area contributed by atoms with E-state index in [2.05, 4.69) is 12.2 Å². The first kappa shape index (κ1) is 15.2. The third kappa shape index (κ3) is 3.88. The van der Waals surface area contributed by atoms with Crippen LogP contribution in [0.25, 0.3) is 0 Å². The summed E-state index contributed by atoms with van der Waals surface area (Å²) in [5.41, 5.74) is 2.06. The minimum atomic E-state index is -4.09. The highest BCUT2D eigenvalue weighted by atomic mass is 19.4. The largest absolute Gasteiger partial charge is 0.390 e. The minimum Gasteiger partial charge on any atom is -0.371 e. The Bertz CT molecular complexity index is 431. The summed E-state index contributed by atoms with van der Waals surface area (Å²) < 4.78 is 37.3. The van der Waals surface area contributed by atoms with Crippen LogP contribution in [0.15, 0.2) is 24.3 Å². The maximum absolute atomic E-state index is 12.4. The quantitative estimate of drug-likeness (QED) is 0.903. The van der Waals surface area contributed by atoms with Crippen LogP contribution in [0, 0.1) is 0 Å². The summed E-state index contributed by atoms with van der Waals surface area (Å²) in [7, 11) is 0. The molecule has 0 saturated heterocycles. The number of anilines is 1. The zero-order valence-electron chi connectivity index (χ0n) is 11.7. The fourth-order valence-corrected chi connectivity index (χ4v) is 2.78. The van der Waals surface area contributed by atoms with Crippen LogP contribution in [0.4, 0.5) is 18.9 Å². The van der Waals surface area contributed by atoms with Crippen LogP contribution in [0.1, 0.15) is 37.8 Å². The molecule has 0 fully saturated rings. The van der Waals surface area contributed by atoms with Gasteiger partial charge in [0.2, 0.25) is 0 Å². The predicted molar refractivity (Wildman–Crippen MR) is 75.0 cm³/mol. The molecule has 0 bridgehead atoms. The van der Waals surface area contributed by atoms with Crippen LogP contribution < -0.4 is 10.2 Å². The smallest absolute Gasteiger partial charge is 0.371 e. The Morgan fingerprint density at radius 1 is 1.30 bits per heavy atom. The van der Waals surface area contributed by atoms with Crippen LogP contribution in [-0.4, -0.2) is 25.8 Å². The van der Waals surface area contributed by atoms with E-state index in [0.29, 0.717) is 6.54 Å². The van der Waals surface area contributed by atoms with Gasteiger partial charge >= 0.3 is 6.18 Å². The predicted octanol–water partition coefficient (Wildman–Crippen LogP) is 3.89. The summed E-state index contributed by atoms with van der Waals surface area (Å²) >= 11 is 0. The molecule has 1 aromatic carbocycles. The van der Waals surface area contributed by atoms with E-state index < -0.39 is 12.6 Å². The number of para-hydroxylation sites is 1. The molecular weight excluding hydrogens is 265 g/mol. The average molecular weight is 286 g/mol. The molecule has 20 heavy (non-hydrogen) atoms. The summed E-state index contributed by atoms with van der Waals surface area (Å²) in [5, 5.41) is 3.42. The van der Waals surface area contributed by atoms with Crippen molar-refractivity contribution in [2.45, 2.75) is 38.4 Å². The van der Waals surface area contributed by atoms with Gasteiger partial charge in [-0.1, -0.05) is 25.1 Å². The van der Waals surface area contributed by atoms with Crippen molar-refractivity contribution in [2.24, 2.45) is 0 Å². The lowest BCUT2D eigenvalue weighted by atomic mass is 10.0. The molecule has 1 aromatic rings. The Hall–Kier alpha value is -1.23. The third-order valence-electron chi connectivity index (χ3n) is 3.69. The lowest BCUT2D eigenvalue weighted by Gasteiger charge is -2.26. The number of hydrogen-bond donors (Lipinski definition) is 1. The number of nitrogens with one attached hydrogen (secondary N) is 1. The molecular formula is C15H21F3N2. The molecule has 0 saturated carbocycles. The fraction of sp³-hybridized carbons (Fsp3) is 0.600. The number of hydrogen-bond acceptors (Lipinski definition) is 2. The fourth-order valence-electron chi connectivity index (χ4n) is 2.78. The molecule has 0 spiro atoms. The van der Waals surface area contributed by atoms with Gasteiger partial charge in [-0.25, -0.2) is 0 Å². The van der Waals surface area contributed by atoms with Gasteiger partial charge in [0, 0.05) is 24.8 Å². The van der Waals surface area contributed by atoms with E-state index in [4.69, 9.17) is 0 Å². The van der Waals surface area contributed by atoms with E-state index in [9.17, 15) is 13.2 Å². The van der Waals surface area contributed by atoms with E-state index in [1.54, 1.807) is 0 Å². The molecule has 0 aromatic heterocycles. The number of fused-ring (bicyclic) bond motifs is 1. The monoisotopic (exact) mass is 286 g/mol. The molecule has 1 aliphatic heterocycles. The Kier molecular flexibility index (Phi) is 4.91. The zero-order chi connectivity index (χ0) is 14.6. The van der Waals surface area contributed by atoms with Crippen molar-refractivity contribution in [1.82, 2.24) is 5.32 Å². The minimum absolute atomic E-state index is 0.0410. The molecule has 1 aliphatic rings. The van der Waals surface area contributed by atoms with Gasteiger partial charge < -0.3 is 10.2 Å². The van der Waals surface area contributed by atoms with Crippen LogP contribution in [0.3, 0.4) is 0 Å². The van der Waals surface area contributed by atoms with Gasteiger partial charge in [-0.05, 0) is 31.0 Å². The molecule has 112 valence electrons. The summed E-state index contributed by atoms with van der Waals surface area (Å²) in [5.74, 6) is 0. The molecule has 2 nitrogen and oxygen atoms in total. The van der Waals surface area contributed by atoms with Crippen molar-refractivity contribution in [3.63, 3.8) is 0 Å². The number of rotatable bonds is 4. The number of nitrogens with zero attached hydrogens (tertiary/aromatic N) is 1. The second-order valence-electron chi connectivity index (χ2n) is 5.16. The van der Waals surface area contributed by atoms with Gasteiger partial charge in [-0.3, -0.25) is 0 Å². The SMILES string of the molecule is CCNC1CCCN(CCC(F)(F)F)c2ccccc21. The van der Waals surface area contributed by atoms with Crippen molar-refractivity contribution >= 4 is 5.69 Å². The van der Waals surface area contributed by atoms with Crippen LogP contribution in [0.5, 0.6) is 0 Å². The Balaban J connectivity index is 2.19. The summed E-state index contributed by atoms with van der Waals surface area (Å²) in [6.45, 7) is 3.64. The number of benzene rings is 1. The molecule has 0 amide bonds. The highest BCUT2D eigenvalue weighted by Gasteiger charge is 2.29. The van der Waals surface area contributed by atoms with Gasteiger partial charge in [0.15, 0.2) is 0 Å². The molecule has 0 aliphatic carbocycles. The van der Waals surface area contributed by atoms with Crippen LogP contribution in [-0.2, 0) is 0 Å². The van der Waals surface area contributed by atoms with E-state index in [1.807, 2.05) is 29.2 Å². The summed E-state index contributed by atoms with van der Waals surface area (Å²) in [6, 6.07) is 8.05. The van der Waals surface area contributed by atoms with Gasteiger partial charge in [0.05, 0.1) is 6.42 Å². The van der Waals surface area contributed by atoms with Crippen molar-refractivity contribution in [3.05, 3.63) is 29.8 Å². The first-order valence-corrected chi connectivity index (χ1v) is 7.15. The molecule has 2 rings (SSSR count). The maximum atomic E-state index is 12.4. The van der Waals surface area contributed by atoms with E-state index in [0.717, 1.165) is 30.6 Å². The number of halogens is 3. The van der Waals surface area contributed by atoms with E-state index >= 15 is 0 Å². The average Bonchev–Trinajstić information content (AvgIpc) is 2.57. The van der Waals surface area contributed by atoms with Crippen molar-refractivity contribution in [3.8, 4) is 0 Å². The first-order valence-electron chi connectivity index (χ1n) is 7.15. The van der Waals surface area contributed by atoms with Crippen molar-refractivity contribution in [2.75, 3.05) is 24.5 Å². The Morgan fingerprint density at radius 3 is 2.75 bits per heavy atom. The van der Waals surface area contributed by atoms with Crippen LogP contribution in [0.2, 0.25) is 0 Å². The van der Waals surface area contributed by atoms with Gasteiger partial charge in [0.1, 0.15) is 0 Å². The van der Waals surface area contributed by atoms with Crippen molar-refractivity contribution in [1.29, 1.82) is 0 Å². The van der Waals surface area contributed by atoms with E-state index in [1.165, 1.54) is 0 Å². The normalized spacial score (nSPS) is 19.6. The molecule has 1 heterocycles. The highest BCUT2D eigenvalue weighted by Crippen LogP contribution is 2.33. The number of alkyl halides is 3. The lowest BCUT2D eigenvalue weighted by molar-refractivity contribution is -0.132. The van der Waals surface area contributed by atoms with E-state index in [-0.39, 0.29) is 12.6 Å². The molecule has 0 radical (unpaired) electrons. The topological polar surface area (TPSA) is 15.3 Å². The molecule has 1 unspecified atom stereocenters. The standard InChI is InChI=1S/C15H21F3N2/c1-2-19-13-7-5-10-20(11-9-15(16,17)18)14-8-4-3-6-12(13)14/h3-4,6,8,13,19H,2,5,7,9-11H2,1H3. The van der Waals surface area contributed by atoms with Gasteiger partial charge in [0.25, 0.3) is 0 Å². The van der Waals surface area contributed by atoms with Crippen molar-refractivity contribution < 1.29 is 13.2 Å². The highest BCUT2D eigenvalue weighted by molar-refractivity contribution is 5.55. The Labute approximate surface area is 118 Å². The third-order valence-corrected chi connectivity index (χ3v) is 3.69. The molecule has 5 heteroatoms. The maximum Gasteiger partial charge on any atom is 0.390 e. The molecule has 1 atom stereocenters. The van der Waals surface area contributed by atoms with Gasteiger partial charge in [-0.15, -0.1) is 0 Å². The van der Waals surface area contributed by atoms with Crippen LogP contribution >= 0.6 is 0 Å². The second-order valence-corrected chi connectivity index (χ2v) is 5.16. The molecule has 1 N–H and O–H groups in total. The Morgan fingerprint density at radius 2 is 2.05 bits per heavy atom. The first-order chi connectivity index (χ1) is 9.51. The zero-order valence-corrected chi connectivity index (χ0v) is 11.7. The van der Waals surface area contributed by atoms with Gasteiger partial charge in [-0.2, -0.15) is 13.2 Å². The summed E-state index contributed by atoms with van der Waals surface area (Å²) in [6.07, 6.45) is -2.98. The lowest BCUT2D eigenvalue weighted by Crippen LogP contribution is -2.29. The second kappa shape index (κ2) is 6.48.